The van der Waals surface area contributed by atoms with Crippen LogP contribution in [-0.2, 0) is 0 Å². The van der Waals surface area contributed by atoms with Crippen molar-refractivity contribution in [2.24, 2.45) is 5.92 Å². The molecule has 17 heavy (non-hydrogen) atoms. The first-order chi connectivity index (χ1) is 7.97. The van der Waals surface area contributed by atoms with Gasteiger partial charge in [0.1, 0.15) is 11.5 Å². The number of hydrogen-bond acceptors (Lipinski definition) is 3. The summed E-state index contributed by atoms with van der Waals surface area (Å²) in [6.45, 7) is 3.75. The van der Waals surface area contributed by atoms with Crippen molar-refractivity contribution >= 4 is 11.4 Å². The third-order valence-electron chi connectivity index (χ3n) is 3.21. The molecule has 0 saturated heterocycles. The number of halogens is 1. The second kappa shape index (κ2) is 4.31. The van der Waals surface area contributed by atoms with Crippen LogP contribution < -0.4 is 5.32 Å². The molecule has 0 radical (unpaired) electrons. The Morgan fingerprint density at radius 2 is 2.12 bits per heavy atom. The molecule has 1 aromatic rings. The molecule has 1 saturated carbocycles. The Kier molecular flexibility index (Phi) is 3.00. The highest BCUT2D eigenvalue weighted by atomic mass is 19.1. The van der Waals surface area contributed by atoms with Gasteiger partial charge in [0.15, 0.2) is 0 Å². The van der Waals surface area contributed by atoms with Gasteiger partial charge in [-0.3, -0.25) is 10.1 Å². The van der Waals surface area contributed by atoms with Gasteiger partial charge in [-0.25, -0.2) is 4.39 Å². The van der Waals surface area contributed by atoms with Crippen LogP contribution in [0.25, 0.3) is 0 Å². The van der Waals surface area contributed by atoms with Crippen molar-refractivity contribution in [2.45, 2.75) is 32.7 Å². The SMILES string of the molecule is Cc1cc(NC2CC(C)C2)c([N+](=O)[O-])cc1F. The summed E-state index contributed by atoms with van der Waals surface area (Å²) >= 11 is 0. The van der Waals surface area contributed by atoms with E-state index in [1.807, 2.05) is 0 Å². The highest BCUT2D eigenvalue weighted by Gasteiger charge is 2.27. The molecule has 1 aliphatic rings. The third-order valence-corrected chi connectivity index (χ3v) is 3.21. The van der Waals surface area contributed by atoms with Crippen molar-refractivity contribution in [3.8, 4) is 0 Å². The summed E-state index contributed by atoms with van der Waals surface area (Å²) in [5.74, 6) is 0.123. The van der Waals surface area contributed by atoms with Gasteiger partial charge in [-0.2, -0.15) is 0 Å². The number of benzene rings is 1. The van der Waals surface area contributed by atoms with Crippen LogP contribution in [0.2, 0.25) is 0 Å². The van der Waals surface area contributed by atoms with Gasteiger partial charge >= 0.3 is 0 Å². The monoisotopic (exact) mass is 238 g/mol. The lowest BCUT2D eigenvalue weighted by molar-refractivity contribution is -0.384. The van der Waals surface area contributed by atoms with Gasteiger partial charge in [0.2, 0.25) is 0 Å². The highest BCUT2D eigenvalue weighted by Crippen LogP contribution is 2.34. The number of nitrogens with zero attached hydrogens (tertiary/aromatic N) is 1. The third kappa shape index (κ3) is 2.38. The lowest BCUT2D eigenvalue weighted by Gasteiger charge is -2.33. The first-order valence-electron chi connectivity index (χ1n) is 5.68. The molecule has 0 heterocycles. The molecular formula is C12H15FN2O2. The van der Waals surface area contributed by atoms with E-state index < -0.39 is 10.7 Å². The van der Waals surface area contributed by atoms with Crippen LogP contribution in [0.1, 0.15) is 25.3 Å². The largest absolute Gasteiger partial charge is 0.377 e. The van der Waals surface area contributed by atoms with Gasteiger partial charge in [-0.05, 0) is 37.3 Å². The molecular weight excluding hydrogens is 223 g/mol. The van der Waals surface area contributed by atoms with Crippen molar-refractivity contribution in [3.63, 3.8) is 0 Å². The Morgan fingerprint density at radius 1 is 1.47 bits per heavy atom. The number of hydrogen-bond donors (Lipinski definition) is 1. The Morgan fingerprint density at radius 3 is 2.65 bits per heavy atom. The number of anilines is 1. The summed E-state index contributed by atoms with van der Waals surface area (Å²) < 4.78 is 13.3. The Hall–Kier alpha value is -1.65. The van der Waals surface area contributed by atoms with Crippen LogP contribution >= 0.6 is 0 Å². The molecule has 92 valence electrons. The second-order valence-corrected chi connectivity index (χ2v) is 4.79. The zero-order valence-electron chi connectivity index (χ0n) is 9.87. The summed E-state index contributed by atoms with van der Waals surface area (Å²) in [5.41, 5.74) is 0.656. The maximum absolute atomic E-state index is 13.3. The fraction of sp³-hybridized carbons (Fsp3) is 0.500. The van der Waals surface area contributed by atoms with Crippen LogP contribution in [0.3, 0.4) is 0 Å². The normalized spacial score (nSPS) is 23.0. The van der Waals surface area contributed by atoms with Crippen molar-refractivity contribution in [1.82, 2.24) is 0 Å². The molecule has 0 aliphatic heterocycles. The second-order valence-electron chi connectivity index (χ2n) is 4.79. The molecule has 0 atom stereocenters. The maximum Gasteiger partial charge on any atom is 0.295 e. The van der Waals surface area contributed by atoms with Crippen LogP contribution in [0.5, 0.6) is 0 Å². The molecule has 0 unspecified atom stereocenters. The van der Waals surface area contributed by atoms with E-state index in [0.29, 0.717) is 17.2 Å². The lowest BCUT2D eigenvalue weighted by atomic mass is 9.82. The molecule has 0 aromatic heterocycles. The minimum absolute atomic E-state index is 0.187. The predicted molar refractivity (Wildman–Crippen MR) is 63.6 cm³/mol. The standard InChI is InChI=1S/C12H15FN2O2/c1-7-3-9(4-7)14-11-5-8(2)10(13)6-12(11)15(16)17/h5-7,9,14H,3-4H2,1-2H3. The molecule has 4 nitrogen and oxygen atoms in total. The maximum atomic E-state index is 13.3. The highest BCUT2D eigenvalue weighted by molar-refractivity contribution is 5.63. The van der Waals surface area contributed by atoms with E-state index >= 15 is 0 Å². The summed E-state index contributed by atoms with van der Waals surface area (Å²) in [6, 6.07) is 2.77. The van der Waals surface area contributed by atoms with Crippen molar-refractivity contribution < 1.29 is 9.31 Å². The number of aryl methyl sites for hydroxylation is 1. The van der Waals surface area contributed by atoms with E-state index in [2.05, 4.69) is 12.2 Å². The number of nitrogens with one attached hydrogen (secondary N) is 1. The Labute approximate surface area is 99.0 Å². The molecule has 1 fully saturated rings. The van der Waals surface area contributed by atoms with Gasteiger partial charge < -0.3 is 5.32 Å². The quantitative estimate of drug-likeness (QED) is 0.649. The topological polar surface area (TPSA) is 55.2 Å². The Balaban J connectivity index is 2.25. The number of rotatable bonds is 3. The van der Waals surface area contributed by atoms with Gasteiger partial charge in [-0.15, -0.1) is 0 Å². The van der Waals surface area contributed by atoms with E-state index in [-0.39, 0.29) is 11.7 Å². The van der Waals surface area contributed by atoms with Crippen LogP contribution in [-0.4, -0.2) is 11.0 Å². The summed E-state index contributed by atoms with van der Waals surface area (Å²) in [5, 5.41) is 14.0. The Bertz CT molecular complexity index is 456. The van der Waals surface area contributed by atoms with Crippen molar-refractivity contribution in [1.29, 1.82) is 0 Å². The van der Waals surface area contributed by atoms with E-state index in [1.54, 1.807) is 6.92 Å². The summed E-state index contributed by atoms with van der Waals surface area (Å²) in [7, 11) is 0. The molecule has 1 N–H and O–H groups in total. The van der Waals surface area contributed by atoms with Crippen molar-refractivity contribution in [3.05, 3.63) is 33.6 Å². The smallest absolute Gasteiger partial charge is 0.295 e. The van der Waals surface area contributed by atoms with E-state index in [4.69, 9.17) is 0 Å². The zero-order chi connectivity index (χ0) is 12.6. The van der Waals surface area contributed by atoms with Crippen LogP contribution in [0.4, 0.5) is 15.8 Å². The minimum Gasteiger partial charge on any atom is -0.377 e. The molecule has 5 heteroatoms. The number of nitro groups is 1. The fourth-order valence-electron chi connectivity index (χ4n) is 2.18. The molecule has 0 amide bonds. The van der Waals surface area contributed by atoms with Gasteiger partial charge in [0, 0.05) is 6.04 Å². The van der Waals surface area contributed by atoms with E-state index in [1.165, 1.54) is 6.07 Å². The van der Waals surface area contributed by atoms with Gasteiger partial charge in [0.05, 0.1) is 11.0 Å². The van der Waals surface area contributed by atoms with Crippen LogP contribution in [0.15, 0.2) is 12.1 Å². The first kappa shape index (κ1) is 11.8. The molecule has 2 rings (SSSR count). The zero-order valence-corrected chi connectivity index (χ0v) is 9.87. The van der Waals surface area contributed by atoms with Gasteiger partial charge in [0.25, 0.3) is 5.69 Å². The summed E-state index contributed by atoms with van der Waals surface area (Å²) in [4.78, 5) is 10.3. The van der Waals surface area contributed by atoms with Gasteiger partial charge in [-0.1, -0.05) is 6.92 Å². The van der Waals surface area contributed by atoms with Crippen LogP contribution in [0, 0.1) is 28.8 Å². The minimum atomic E-state index is -0.549. The molecule has 1 aromatic carbocycles. The average Bonchev–Trinajstić information content (AvgIpc) is 2.20. The average molecular weight is 238 g/mol. The fourth-order valence-corrected chi connectivity index (χ4v) is 2.18. The number of nitro benzene ring substituents is 1. The van der Waals surface area contributed by atoms with Crippen molar-refractivity contribution in [2.75, 3.05) is 5.32 Å². The first-order valence-corrected chi connectivity index (χ1v) is 5.68. The predicted octanol–water partition coefficient (Wildman–Crippen LogP) is 3.25. The lowest BCUT2D eigenvalue weighted by Crippen LogP contribution is -2.34. The summed E-state index contributed by atoms with van der Waals surface area (Å²) in [6.07, 6.45) is 2.02. The van der Waals surface area contributed by atoms with E-state index in [0.717, 1.165) is 18.9 Å². The molecule has 1 aliphatic carbocycles. The molecule has 0 spiro atoms. The van der Waals surface area contributed by atoms with E-state index in [9.17, 15) is 14.5 Å². The molecule has 0 bridgehead atoms.